The molecule has 0 aromatic carbocycles. The molecule has 6 heteroatoms. The van der Waals surface area contributed by atoms with Gasteiger partial charge in [0, 0.05) is 0 Å². The zero-order valence-corrected chi connectivity index (χ0v) is 9.35. The number of fused-ring (bicyclic) bond motifs is 4. The third-order valence-corrected chi connectivity index (χ3v) is 3.91. The SMILES string of the molecule is COC1=CC(=O)O[C@]2(C)[C@@H]3C(=O)NC(=O)[C@@H]3[C@H]12. The average Bonchev–Trinajstić information content (AvgIpc) is 2.48. The van der Waals surface area contributed by atoms with Crippen LogP contribution in [0.3, 0.4) is 0 Å². The number of hydrogen-bond donors (Lipinski definition) is 1. The van der Waals surface area contributed by atoms with E-state index >= 15 is 0 Å². The maximum atomic E-state index is 11.6. The molecule has 2 aliphatic heterocycles. The van der Waals surface area contributed by atoms with Crippen molar-refractivity contribution in [2.24, 2.45) is 17.8 Å². The van der Waals surface area contributed by atoms with Crippen LogP contribution in [0.25, 0.3) is 0 Å². The van der Waals surface area contributed by atoms with Gasteiger partial charge in [0.05, 0.1) is 30.9 Å². The first kappa shape index (κ1) is 10.3. The zero-order valence-electron chi connectivity index (χ0n) is 9.35. The van der Waals surface area contributed by atoms with Gasteiger partial charge in [-0.05, 0) is 6.92 Å². The van der Waals surface area contributed by atoms with Crippen LogP contribution in [0.5, 0.6) is 0 Å². The van der Waals surface area contributed by atoms with Crippen molar-refractivity contribution in [2.45, 2.75) is 12.5 Å². The first-order valence-corrected chi connectivity index (χ1v) is 5.32. The maximum Gasteiger partial charge on any atom is 0.334 e. The van der Waals surface area contributed by atoms with Crippen molar-refractivity contribution in [2.75, 3.05) is 7.11 Å². The summed E-state index contributed by atoms with van der Waals surface area (Å²) in [6, 6.07) is 0. The summed E-state index contributed by atoms with van der Waals surface area (Å²) in [5.41, 5.74) is -0.960. The van der Waals surface area contributed by atoms with E-state index in [-0.39, 0.29) is 17.7 Å². The van der Waals surface area contributed by atoms with Crippen LogP contribution in [0.15, 0.2) is 11.8 Å². The summed E-state index contributed by atoms with van der Waals surface area (Å²) in [6.45, 7) is 1.67. The summed E-state index contributed by atoms with van der Waals surface area (Å²) >= 11 is 0. The Morgan fingerprint density at radius 2 is 2.00 bits per heavy atom. The van der Waals surface area contributed by atoms with E-state index in [2.05, 4.69) is 5.32 Å². The first-order valence-electron chi connectivity index (χ1n) is 5.32. The molecule has 2 heterocycles. The molecule has 0 aromatic heterocycles. The molecular weight excluding hydrogens is 226 g/mol. The third-order valence-electron chi connectivity index (χ3n) is 3.91. The van der Waals surface area contributed by atoms with Crippen LogP contribution in [0.4, 0.5) is 0 Å². The normalized spacial score (nSPS) is 42.8. The lowest BCUT2D eigenvalue weighted by Gasteiger charge is -2.54. The number of imide groups is 1. The van der Waals surface area contributed by atoms with E-state index < -0.39 is 23.4 Å². The molecule has 3 aliphatic rings. The number of carbonyl (C=O) groups excluding carboxylic acids is 3. The smallest absolute Gasteiger partial charge is 0.334 e. The Morgan fingerprint density at radius 1 is 1.29 bits per heavy atom. The molecule has 4 atom stereocenters. The van der Waals surface area contributed by atoms with Gasteiger partial charge in [-0.25, -0.2) is 4.79 Å². The number of ether oxygens (including phenoxy) is 2. The molecule has 0 unspecified atom stereocenters. The van der Waals surface area contributed by atoms with Gasteiger partial charge < -0.3 is 9.47 Å². The van der Waals surface area contributed by atoms with Crippen LogP contribution >= 0.6 is 0 Å². The van der Waals surface area contributed by atoms with Crippen LogP contribution in [-0.2, 0) is 23.9 Å². The highest BCUT2D eigenvalue weighted by Gasteiger charge is 2.73. The van der Waals surface area contributed by atoms with Crippen molar-refractivity contribution < 1.29 is 23.9 Å². The molecule has 0 bridgehead atoms. The van der Waals surface area contributed by atoms with Crippen LogP contribution in [-0.4, -0.2) is 30.5 Å². The maximum absolute atomic E-state index is 11.6. The summed E-state index contributed by atoms with van der Waals surface area (Å²) in [7, 11) is 1.44. The minimum Gasteiger partial charge on any atom is -0.500 e. The zero-order chi connectivity index (χ0) is 12.4. The molecule has 2 amide bonds. The van der Waals surface area contributed by atoms with E-state index in [9.17, 15) is 14.4 Å². The molecule has 0 radical (unpaired) electrons. The predicted molar refractivity (Wildman–Crippen MR) is 53.2 cm³/mol. The van der Waals surface area contributed by atoms with Crippen molar-refractivity contribution in [3.63, 3.8) is 0 Å². The van der Waals surface area contributed by atoms with Crippen molar-refractivity contribution in [1.82, 2.24) is 5.32 Å². The second-order valence-corrected chi connectivity index (χ2v) is 4.69. The molecule has 1 saturated carbocycles. The quantitative estimate of drug-likeness (QED) is 0.484. The largest absolute Gasteiger partial charge is 0.500 e. The van der Waals surface area contributed by atoms with Gasteiger partial charge in [-0.1, -0.05) is 0 Å². The molecule has 1 saturated heterocycles. The van der Waals surface area contributed by atoms with Crippen molar-refractivity contribution in [1.29, 1.82) is 0 Å². The highest BCUT2D eigenvalue weighted by atomic mass is 16.6. The van der Waals surface area contributed by atoms with Gasteiger partial charge in [0.2, 0.25) is 11.8 Å². The molecule has 6 nitrogen and oxygen atoms in total. The van der Waals surface area contributed by atoms with Crippen LogP contribution in [0, 0.1) is 17.8 Å². The van der Waals surface area contributed by atoms with E-state index in [0.29, 0.717) is 5.76 Å². The molecule has 0 aromatic rings. The Balaban J connectivity index is 2.07. The third kappa shape index (κ3) is 1.02. The first-order chi connectivity index (χ1) is 7.99. The van der Waals surface area contributed by atoms with Gasteiger partial charge >= 0.3 is 5.97 Å². The van der Waals surface area contributed by atoms with E-state index in [1.807, 2.05) is 0 Å². The number of nitrogens with one attached hydrogen (secondary N) is 1. The summed E-state index contributed by atoms with van der Waals surface area (Å²) in [5, 5.41) is 2.27. The van der Waals surface area contributed by atoms with Crippen LogP contribution < -0.4 is 5.32 Å². The minimum atomic E-state index is -0.960. The highest BCUT2D eigenvalue weighted by molar-refractivity contribution is 6.08. The lowest BCUT2D eigenvalue weighted by atomic mass is 9.53. The molecule has 90 valence electrons. The number of rotatable bonds is 1. The fourth-order valence-corrected chi connectivity index (χ4v) is 3.21. The molecule has 17 heavy (non-hydrogen) atoms. The van der Waals surface area contributed by atoms with E-state index in [1.54, 1.807) is 6.92 Å². The summed E-state index contributed by atoms with van der Waals surface area (Å²) in [4.78, 5) is 34.7. The number of hydrogen-bond acceptors (Lipinski definition) is 5. The van der Waals surface area contributed by atoms with Crippen molar-refractivity contribution in [3.8, 4) is 0 Å². The van der Waals surface area contributed by atoms with Gasteiger partial charge in [0.15, 0.2) is 0 Å². The topological polar surface area (TPSA) is 81.7 Å². The minimum absolute atomic E-state index is 0.316. The number of methoxy groups -OCH3 is 1. The van der Waals surface area contributed by atoms with E-state index in [4.69, 9.17) is 9.47 Å². The Bertz CT molecular complexity index is 482. The van der Waals surface area contributed by atoms with E-state index in [0.717, 1.165) is 0 Å². The fourth-order valence-electron chi connectivity index (χ4n) is 3.21. The lowest BCUT2D eigenvalue weighted by Crippen LogP contribution is -2.66. The standard InChI is InChI=1S/C11H11NO5/c1-11-7(4(16-2)3-5(13)17-11)6-8(11)10(15)12-9(6)14/h3,6-8H,1-2H3,(H,12,14,15)/t6-,7+,8+,11+/m1/s1. The Morgan fingerprint density at radius 3 is 2.65 bits per heavy atom. The lowest BCUT2D eigenvalue weighted by molar-refractivity contribution is -0.211. The van der Waals surface area contributed by atoms with Gasteiger partial charge in [0.1, 0.15) is 11.4 Å². The van der Waals surface area contributed by atoms with Crippen molar-refractivity contribution >= 4 is 17.8 Å². The number of esters is 1. The monoisotopic (exact) mass is 237 g/mol. The Labute approximate surface area is 96.9 Å². The van der Waals surface area contributed by atoms with Crippen molar-refractivity contribution in [3.05, 3.63) is 11.8 Å². The van der Waals surface area contributed by atoms with Gasteiger partial charge in [-0.15, -0.1) is 0 Å². The molecular formula is C11H11NO5. The number of carbonyl (C=O) groups is 3. The van der Waals surface area contributed by atoms with Gasteiger partial charge in [-0.3, -0.25) is 14.9 Å². The average molecular weight is 237 g/mol. The second kappa shape index (κ2) is 2.88. The van der Waals surface area contributed by atoms with Gasteiger partial charge in [0.25, 0.3) is 0 Å². The fraction of sp³-hybridized carbons (Fsp3) is 0.545. The number of amides is 2. The second-order valence-electron chi connectivity index (χ2n) is 4.69. The Hall–Kier alpha value is -1.85. The molecule has 2 fully saturated rings. The molecule has 1 N–H and O–H groups in total. The summed E-state index contributed by atoms with van der Waals surface area (Å²) < 4.78 is 10.4. The van der Waals surface area contributed by atoms with Gasteiger partial charge in [-0.2, -0.15) is 0 Å². The van der Waals surface area contributed by atoms with E-state index in [1.165, 1.54) is 13.2 Å². The summed E-state index contributed by atoms with van der Waals surface area (Å²) in [6.07, 6.45) is 1.23. The molecule has 1 aliphatic carbocycles. The summed E-state index contributed by atoms with van der Waals surface area (Å²) in [5.74, 6) is -2.25. The molecule has 0 spiro atoms. The Kier molecular flexibility index (Phi) is 1.75. The molecule has 3 rings (SSSR count). The predicted octanol–water partition coefficient (Wildman–Crippen LogP) is -0.649. The van der Waals surface area contributed by atoms with Crippen LogP contribution in [0.2, 0.25) is 0 Å². The van der Waals surface area contributed by atoms with Crippen LogP contribution in [0.1, 0.15) is 6.92 Å². The highest BCUT2D eigenvalue weighted by Crippen LogP contribution is 2.58.